The molecule has 0 radical (unpaired) electrons. The van der Waals surface area contributed by atoms with Gasteiger partial charge in [-0.25, -0.2) is 33.1 Å². The summed E-state index contributed by atoms with van der Waals surface area (Å²) in [6.07, 6.45) is 6.37. The molecular formula is C20H18N6O2S2. The molecule has 2 N–H and O–H groups in total. The molecule has 1 aromatic carbocycles. The second-order valence-electron chi connectivity index (χ2n) is 7.04. The highest BCUT2D eigenvalue weighted by molar-refractivity contribution is 7.92. The van der Waals surface area contributed by atoms with Crippen molar-refractivity contribution in [2.24, 2.45) is 0 Å². The predicted octanol–water partition coefficient (Wildman–Crippen LogP) is 3.82. The maximum atomic E-state index is 12.6. The van der Waals surface area contributed by atoms with Crippen molar-refractivity contribution in [1.82, 2.24) is 19.9 Å². The molecule has 0 amide bonds. The summed E-state index contributed by atoms with van der Waals surface area (Å²) in [6.45, 7) is 1.77. The largest absolute Gasteiger partial charge is 0.340 e. The van der Waals surface area contributed by atoms with Crippen LogP contribution in [0.25, 0.3) is 10.2 Å². The van der Waals surface area contributed by atoms with Crippen LogP contribution < -0.4 is 10.0 Å². The monoisotopic (exact) mass is 438 g/mol. The maximum absolute atomic E-state index is 12.6. The molecule has 0 atom stereocenters. The first kappa shape index (κ1) is 18.9. The Morgan fingerprint density at radius 3 is 2.67 bits per heavy atom. The van der Waals surface area contributed by atoms with Gasteiger partial charge in [0.2, 0.25) is 5.95 Å². The number of anilines is 3. The van der Waals surface area contributed by atoms with Crippen LogP contribution in [0.4, 0.5) is 17.5 Å². The number of nitrogens with zero attached hydrogens (tertiary/aromatic N) is 4. The molecule has 0 saturated carbocycles. The van der Waals surface area contributed by atoms with Gasteiger partial charge in [0, 0.05) is 22.5 Å². The van der Waals surface area contributed by atoms with Crippen molar-refractivity contribution >= 4 is 49.0 Å². The molecule has 3 aromatic heterocycles. The van der Waals surface area contributed by atoms with Crippen molar-refractivity contribution in [1.29, 1.82) is 0 Å². The minimum Gasteiger partial charge on any atom is -0.340 e. The summed E-state index contributed by atoms with van der Waals surface area (Å²) in [7, 11) is -3.78. The molecule has 10 heteroatoms. The molecule has 5 rings (SSSR count). The van der Waals surface area contributed by atoms with E-state index in [2.05, 4.69) is 30.0 Å². The van der Waals surface area contributed by atoms with Crippen LogP contribution in [0, 0.1) is 6.92 Å². The second kappa shape index (κ2) is 7.29. The second-order valence-corrected chi connectivity index (χ2v) is 9.80. The Hall–Kier alpha value is -3.11. The van der Waals surface area contributed by atoms with Gasteiger partial charge in [-0.1, -0.05) is 0 Å². The van der Waals surface area contributed by atoms with Crippen LogP contribution in [0.15, 0.2) is 47.8 Å². The lowest BCUT2D eigenvalue weighted by molar-refractivity contribution is 0.601. The van der Waals surface area contributed by atoms with Crippen molar-refractivity contribution in [3.63, 3.8) is 0 Å². The van der Waals surface area contributed by atoms with Crippen molar-refractivity contribution in [2.45, 2.75) is 31.1 Å². The summed E-state index contributed by atoms with van der Waals surface area (Å²) in [6, 6.07) is 8.21. The number of thiophene rings is 1. The standard InChI is InChI=1S/C20H18N6O2S2/c1-12-9-10-21-20(24-12)26-30(27,28)14-7-5-13(6-8-14)25-18-17-15-3-2-4-16(15)29-19(17)23-11-22-18/h5-11H,2-4H2,1H3,(H,21,24,26)(H,22,23,25). The molecule has 30 heavy (non-hydrogen) atoms. The average Bonchev–Trinajstić information content (AvgIpc) is 3.29. The smallest absolute Gasteiger partial charge is 0.264 e. The fourth-order valence-corrected chi connectivity index (χ4v) is 5.73. The number of nitrogens with one attached hydrogen (secondary N) is 2. The molecule has 1 aliphatic rings. The van der Waals surface area contributed by atoms with Crippen molar-refractivity contribution in [3.8, 4) is 0 Å². The molecule has 8 nitrogen and oxygen atoms in total. The highest BCUT2D eigenvalue weighted by atomic mass is 32.2. The molecule has 152 valence electrons. The van der Waals surface area contributed by atoms with E-state index in [1.807, 2.05) is 0 Å². The first-order valence-electron chi connectivity index (χ1n) is 9.44. The van der Waals surface area contributed by atoms with Crippen LogP contribution >= 0.6 is 11.3 Å². The zero-order valence-electron chi connectivity index (χ0n) is 16.1. The van der Waals surface area contributed by atoms with E-state index in [4.69, 9.17) is 0 Å². The van der Waals surface area contributed by atoms with Gasteiger partial charge < -0.3 is 5.32 Å². The van der Waals surface area contributed by atoms with Gasteiger partial charge in [0.25, 0.3) is 10.0 Å². The maximum Gasteiger partial charge on any atom is 0.264 e. The van der Waals surface area contributed by atoms with E-state index in [1.165, 1.54) is 28.8 Å². The molecule has 0 bridgehead atoms. The van der Waals surface area contributed by atoms with Crippen LogP contribution in [-0.2, 0) is 22.9 Å². The van der Waals surface area contributed by atoms with Gasteiger partial charge in [0.05, 0.1) is 10.3 Å². The van der Waals surface area contributed by atoms with E-state index < -0.39 is 10.0 Å². The number of hydrogen-bond acceptors (Lipinski definition) is 8. The Labute approximate surface area is 177 Å². The van der Waals surface area contributed by atoms with Crippen LogP contribution in [0.5, 0.6) is 0 Å². The summed E-state index contributed by atoms with van der Waals surface area (Å²) >= 11 is 1.73. The average molecular weight is 439 g/mol. The fourth-order valence-electron chi connectivity index (χ4n) is 3.55. The summed E-state index contributed by atoms with van der Waals surface area (Å²) in [5, 5.41) is 4.39. The molecule has 4 aromatic rings. The van der Waals surface area contributed by atoms with E-state index in [-0.39, 0.29) is 10.8 Å². The summed E-state index contributed by atoms with van der Waals surface area (Å²) < 4.78 is 27.6. The number of sulfonamides is 1. The minimum absolute atomic E-state index is 0.0480. The highest BCUT2D eigenvalue weighted by Gasteiger charge is 2.21. The number of aryl methyl sites for hydroxylation is 3. The summed E-state index contributed by atoms with van der Waals surface area (Å²) in [5.41, 5.74) is 2.76. The Kier molecular flexibility index (Phi) is 4.59. The van der Waals surface area contributed by atoms with Gasteiger partial charge in [-0.05, 0) is 62.1 Å². The lowest BCUT2D eigenvalue weighted by Crippen LogP contribution is -2.15. The highest BCUT2D eigenvalue weighted by Crippen LogP contribution is 2.39. The van der Waals surface area contributed by atoms with Gasteiger partial charge in [-0.15, -0.1) is 11.3 Å². The van der Waals surface area contributed by atoms with Crippen LogP contribution in [0.2, 0.25) is 0 Å². The Balaban J connectivity index is 1.40. The first-order valence-corrected chi connectivity index (χ1v) is 11.7. The normalized spacial score (nSPS) is 13.4. The predicted molar refractivity (Wildman–Crippen MR) is 117 cm³/mol. The van der Waals surface area contributed by atoms with Crippen LogP contribution in [-0.4, -0.2) is 28.4 Å². The van der Waals surface area contributed by atoms with Crippen molar-refractivity contribution < 1.29 is 8.42 Å². The number of aromatic nitrogens is 4. The van der Waals surface area contributed by atoms with Crippen LogP contribution in [0.3, 0.4) is 0 Å². The topological polar surface area (TPSA) is 110 Å². The van der Waals surface area contributed by atoms with E-state index in [1.54, 1.807) is 42.8 Å². The minimum atomic E-state index is -3.78. The molecular weight excluding hydrogens is 420 g/mol. The van der Waals surface area contributed by atoms with Crippen molar-refractivity contribution in [2.75, 3.05) is 10.0 Å². The third-order valence-electron chi connectivity index (χ3n) is 4.95. The number of rotatable bonds is 5. The van der Waals surface area contributed by atoms with E-state index in [9.17, 15) is 8.42 Å². The molecule has 0 spiro atoms. The Morgan fingerprint density at radius 2 is 1.87 bits per heavy atom. The molecule has 1 aliphatic carbocycles. The van der Waals surface area contributed by atoms with Gasteiger partial charge in [-0.3, -0.25) is 0 Å². The molecule has 0 unspecified atom stereocenters. The quantitative estimate of drug-likeness (QED) is 0.487. The van der Waals surface area contributed by atoms with Gasteiger partial charge in [0.1, 0.15) is 17.0 Å². The lowest BCUT2D eigenvalue weighted by atomic mass is 10.2. The van der Waals surface area contributed by atoms with E-state index in [0.717, 1.165) is 41.0 Å². The van der Waals surface area contributed by atoms with Gasteiger partial charge in [-0.2, -0.15) is 0 Å². The number of fused-ring (bicyclic) bond motifs is 3. The third kappa shape index (κ3) is 3.48. The molecule has 3 heterocycles. The number of benzene rings is 1. The van der Waals surface area contributed by atoms with E-state index >= 15 is 0 Å². The lowest BCUT2D eigenvalue weighted by Gasteiger charge is -2.10. The van der Waals surface area contributed by atoms with Crippen molar-refractivity contribution in [3.05, 3.63) is 59.0 Å². The van der Waals surface area contributed by atoms with Gasteiger partial charge >= 0.3 is 0 Å². The molecule has 0 saturated heterocycles. The molecule has 0 aliphatic heterocycles. The fraction of sp³-hybridized carbons (Fsp3) is 0.200. The van der Waals surface area contributed by atoms with E-state index in [0.29, 0.717) is 5.69 Å². The first-order chi connectivity index (χ1) is 14.5. The number of hydrogen-bond donors (Lipinski definition) is 2. The summed E-state index contributed by atoms with van der Waals surface area (Å²) in [4.78, 5) is 19.4. The third-order valence-corrected chi connectivity index (χ3v) is 7.49. The zero-order valence-corrected chi connectivity index (χ0v) is 17.7. The Morgan fingerprint density at radius 1 is 1.03 bits per heavy atom. The van der Waals surface area contributed by atoms with Crippen LogP contribution in [0.1, 0.15) is 22.6 Å². The summed E-state index contributed by atoms with van der Waals surface area (Å²) in [5.74, 6) is 0.799. The molecule has 0 fully saturated rings. The zero-order chi connectivity index (χ0) is 20.7. The van der Waals surface area contributed by atoms with Gasteiger partial charge in [0.15, 0.2) is 0 Å². The Bertz CT molecular complexity index is 1350. The SMILES string of the molecule is Cc1ccnc(NS(=O)(=O)c2ccc(Nc3ncnc4sc5c(c34)CCC5)cc2)n1.